The van der Waals surface area contributed by atoms with Crippen molar-refractivity contribution in [3.63, 3.8) is 0 Å². The Bertz CT molecular complexity index is 540. The number of hydrogen-bond donors (Lipinski definition) is 1. The van der Waals surface area contributed by atoms with Gasteiger partial charge in [0.05, 0.1) is 11.6 Å². The summed E-state index contributed by atoms with van der Waals surface area (Å²) in [6, 6.07) is 9.83. The Hall–Kier alpha value is -2.02. The minimum absolute atomic E-state index is 0.359. The van der Waals surface area contributed by atoms with Gasteiger partial charge < -0.3 is 10.2 Å². The molecule has 1 aromatic carbocycles. The lowest BCUT2D eigenvalue weighted by atomic mass is 9.93. The third-order valence-corrected chi connectivity index (χ3v) is 3.70. The quantitative estimate of drug-likeness (QED) is 0.663. The second-order valence-electron chi connectivity index (χ2n) is 6.05. The highest BCUT2D eigenvalue weighted by Gasteiger charge is 2.30. The maximum Gasteiger partial charge on any atom is 0.193 e. The molecule has 4 heteroatoms. The molecule has 4 nitrogen and oxygen atoms in total. The van der Waals surface area contributed by atoms with Crippen molar-refractivity contribution in [1.29, 1.82) is 5.26 Å². The first kappa shape index (κ1) is 14.4. The van der Waals surface area contributed by atoms with Gasteiger partial charge in [0.15, 0.2) is 5.96 Å². The third kappa shape index (κ3) is 3.51. The molecule has 0 amide bonds. The predicted molar refractivity (Wildman–Crippen MR) is 81.3 cm³/mol. The zero-order chi connectivity index (χ0) is 14.6. The molecule has 2 rings (SSSR count). The topological polar surface area (TPSA) is 51.4 Å². The van der Waals surface area contributed by atoms with Crippen LogP contribution in [0.25, 0.3) is 0 Å². The Morgan fingerprint density at radius 3 is 2.90 bits per heavy atom. The van der Waals surface area contributed by atoms with E-state index in [0.29, 0.717) is 17.5 Å². The molecule has 1 aliphatic heterocycles. The number of benzene rings is 1. The van der Waals surface area contributed by atoms with Gasteiger partial charge in [-0.1, -0.05) is 26.0 Å². The maximum absolute atomic E-state index is 8.91. The standard InChI is InChI=1S/C16H22N4/c1-16(2)7-8-20(12-16)15(18-3)19-11-14-6-4-5-13(9-14)10-17/h4-6,9H,7-8,11-12H2,1-3H3,(H,18,19). The van der Waals surface area contributed by atoms with E-state index in [1.54, 1.807) is 0 Å². The number of hydrogen-bond acceptors (Lipinski definition) is 2. The summed E-state index contributed by atoms with van der Waals surface area (Å²) in [5, 5.41) is 12.3. The number of nitrogens with one attached hydrogen (secondary N) is 1. The van der Waals surface area contributed by atoms with Crippen LogP contribution in [0.2, 0.25) is 0 Å². The van der Waals surface area contributed by atoms with Gasteiger partial charge in [-0.2, -0.15) is 5.26 Å². The first-order chi connectivity index (χ1) is 9.54. The molecule has 1 aliphatic rings. The van der Waals surface area contributed by atoms with Crippen molar-refractivity contribution in [2.24, 2.45) is 10.4 Å². The number of likely N-dealkylation sites (tertiary alicyclic amines) is 1. The smallest absolute Gasteiger partial charge is 0.193 e. The van der Waals surface area contributed by atoms with Gasteiger partial charge in [0.2, 0.25) is 0 Å². The lowest BCUT2D eigenvalue weighted by Crippen LogP contribution is -2.40. The Morgan fingerprint density at radius 1 is 1.50 bits per heavy atom. The molecule has 1 heterocycles. The molecule has 1 saturated heterocycles. The number of aliphatic imine (C=N–C) groups is 1. The molecule has 1 fully saturated rings. The highest BCUT2D eigenvalue weighted by molar-refractivity contribution is 5.80. The van der Waals surface area contributed by atoms with Crippen LogP contribution in [0.5, 0.6) is 0 Å². The minimum Gasteiger partial charge on any atom is -0.352 e. The summed E-state index contributed by atoms with van der Waals surface area (Å²) < 4.78 is 0. The van der Waals surface area contributed by atoms with Gasteiger partial charge in [-0.15, -0.1) is 0 Å². The van der Waals surface area contributed by atoms with E-state index in [0.717, 1.165) is 24.6 Å². The number of rotatable bonds is 2. The van der Waals surface area contributed by atoms with Crippen LogP contribution >= 0.6 is 0 Å². The van der Waals surface area contributed by atoms with Crippen LogP contribution in [0.4, 0.5) is 0 Å². The van der Waals surface area contributed by atoms with Gasteiger partial charge in [0.25, 0.3) is 0 Å². The van der Waals surface area contributed by atoms with Crippen molar-refractivity contribution in [2.75, 3.05) is 20.1 Å². The first-order valence-electron chi connectivity index (χ1n) is 6.99. The van der Waals surface area contributed by atoms with Gasteiger partial charge in [-0.3, -0.25) is 4.99 Å². The van der Waals surface area contributed by atoms with E-state index in [1.165, 1.54) is 6.42 Å². The Balaban J connectivity index is 1.97. The van der Waals surface area contributed by atoms with Crippen molar-refractivity contribution in [1.82, 2.24) is 10.2 Å². The lowest BCUT2D eigenvalue weighted by molar-refractivity contribution is 0.370. The molecule has 0 aliphatic carbocycles. The summed E-state index contributed by atoms with van der Waals surface area (Å²) in [4.78, 5) is 6.66. The molecule has 106 valence electrons. The second kappa shape index (κ2) is 5.96. The van der Waals surface area contributed by atoms with E-state index < -0.39 is 0 Å². The van der Waals surface area contributed by atoms with Gasteiger partial charge in [0, 0.05) is 26.7 Å². The highest BCUT2D eigenvalue weighted by atomic mass is 15.3. The normalized spacial score (nSPS) is 17.9. The minimum atomic E-state index is 0.359. The van der Waals surface area contributed by atoms with Crippen molar-refractivity contribution in [2.45, 2.75) is 26.8 Å². The van der Waals surface area contributed by atoms with Crippen LogP contribution < -0.4 is 5.32 Å². The molecular weight excluding hydrogens is 248 g/mol. The maximum atomic E-state index is 8.91. The third-order valence-electron chi connectivity index (χ3n) is 3.70. The van der Waals surface area contributed by atoms with E-state index in [-0.39, 0.29) is 0 Å². The predicted octanol–water partition coefficient (Wildman–Crippen LogP) is 2.37. The van der Waals surface area contributed by atoms with Gasteiger partial charge >= 0.3 is 0 Å². The molecule has 0 saturated carbocycles. The molecule has 0 bridgehead atoms. The molecule has 0 unspecified atom stereocenters. The molecule has 0 atom stereocenters. The van der Waals surface area contributed by atoms with Crippen LogP contribution in [0.3, 0.4) is 0 Å². The van der Waals surface area contributed by atoms with Crippen molar-refractivity contribution in [3.05, 3.63) is 35.4 Å². The van der Waals surface area contributed by atoms with Crippen LogP contribution in [0.15, 0.2) is 29.3 Å². The highest BCUT2D eigenvalue weighted by Crippen LogP contribution is 2.28. The van der Waals surface area contributed by atoms with Crippen LogP contribution in [-0.4, -0.2) is 31.0 Å². The van der Waals surface area contributed by atoms with E-state index in [4.69, 9.17) is 5.26 Å². The molecule has 0 aromatic heterocycles. The summed E-state index contributed by atoms with van der Waals surface area (Å²) in [6.07, 6.45) is 1.19. The molecule has 1 N–H and O–H groups in total. The fraction of sp³-hybridized carbons (Fsp3) is 0.500. The largest absolute Gasteiger partial charge is 0.352 e. The number of guanidine groups is 1. The van der Waals surface area contributed by atoms with E-state index >= 15 is 0 Å². The van der Waals surface area contributed by atoms with Crippen LogP contribution in [0, 0.1) is 16.7 Å². The van der Waals surface area contributed by atoms with E-state index in [9.17, 15) is 0 Å². The summed E-state index contributed by atoms with van der Waals surface area (Å²) >= 11 is 0. The molecule has 20 heavy (non-hydrogen) atoms. The SMILES string of the molecule is CN=C(NCc1cccc(C#N)c1)N1CCC(C)(C)C1. The fourth-order valence-corrected chi connectivity index (χ4v) is 2.56. The second-order valence-corrected chi connectivity index (χ2v) is 6.05. The van der Waals surface area contributed by atoms with E-state index in [2.05, 4.69) is 35.1 Å². The van der Waals surface area contributed by atoms with Gasteiger partial charge in [0.1, 0.15) is 0 Å². The Labute approximate surface area is 121 Å². The van der Waals surface area contributed by atoms with Crippen molar-refractivity contribution in [3.8, 4) is 6.07 Å². The molecule has 0 radical (unpaired) electrons. The summed E-state index contributed by atoms with van der Waals surface area (Å²) in [7, 11) is 1.82. The van der Waals surface area contributed by atoms with Gasteiger partial charge in [-0.05, 0) is 29.5 Å². The average molecular weight is 270 g/mol. The first-order valence-corrected chi connectivity index (χ1v) is 6.99. The Kier molecular flexibility index (Phi) is 4.29. The Morgan fingerprint density at radius 2 is 2.30 bits per heavy atom. The monoisotopic (exact) mass is 270 g/mol. The summed E-state index contributed by atoms with van der Waals surface area (Å²) in [5.74, 6) is 0.943. The number of nitrogens with zero attached hydrogens (tertiary/aromatic N) is 3. The lowest BCUT2D eigenvalue weighted by Gasteiger charge is -2.23. The zero-order valence-corrected chi connectivity index (χ0v) is 12.5. The van der Waals surface area contributed by atoms with Gasteiger partial charge in [-0.25, -0.2) is 0 Å². The van der Waals surface area contributed by atoms with Crippen molar-refractivity contribution >= 4 is 5.96 Å². The molecule has 1 aromatic rings. The number of nitriles is 1. The molecular formula is C16H22N4. The average Bonchev–Trinajstić information content (AvgIpc) is 2.80. The van der Waals surface area contributed by atoms with E-state index in [1.807, 2.05) is 31.3 Å². The molecule has 0 spiro atoms. The zero-order valence-electron chi connectivity index (χ0n) is 12.5. The summed E-state index contributed by atoms with van der Waals surface area (Å²) in [5.41, 5.74) is 2.16. The summed E-state index contributed by atoms with van der Waals surface area (Å²) in [6.45, 7) is 7.35. The fourth-order valence-electron chi connectivity index (χ4n) is 2.56. The van der Waals surface area contributed by atoms with Crippen LogP contribution in [-0.2, 0) is 6.54 Å². The van der Waals surface area contributed by atoms with Crippen LogP contribution in [0.1, 0.15) is 31.4 Å². The van der Waals surface area contributed by atoms with Crippen molar-refractivity contribution < 1.29 is 0 Å².